The molecule has 38 heavy (non-hydrogen) atoms. The second-order valence-corrected chi connectivity index (χ2v) is 20.2. The number of nitrogens with zero attached hydrogens (tertiary/aromatic N) is 1. The molecule has 2 aliphatic rings. The highest BCUT2D eigenvalue weighted by molar-refractivity contribution is 6.84. The smallest absolute Gasteiger partial charge is 0.335 e. The van der Waals surface area contributed by atoms with E-state index in [0.717, 1.165) is 0 Å². The van der Waals surface area contributed by atoms with Gasteiger partial charge < -0.3 is 27.8 Å². The van der Waals surface area contributed by atoms with Gasteiger partial charge in [-0.15, -0.1) is 0 Å². The van der Waals surface area contributed by atoms with E-state index in [9.17, 15) is 14.4 Å². The summed E-state index contributed by atoms with van der Waals surface area (Å²) in [6.07, 6.45) is -1.24. The van der Waals surface area contributed by atoms with Gasteiger partial charge in [-0.25, -0.2) is 4.79 Å². The Kier molecular flexibility index (Phi) is 9.99. The first-order chi connectivity index (χ1) is 17.8. The van der Waals surface area contributed by atoms with Crippen LogP contribution in [0.4, 0.5) is 0 Å². The molecule has 2 N–H and O–H groups in total. The number of nitrogens with one attached hydrogen (secondary N) is 2. The first-order valence-electron chi connectivity index (χ1n) is 13.6. The molecule has 4 atom stereocenters. The number of hydrogen-bond acceptors (Lipinski definition) is 8. The fourth-order valence-electron chi connectivity index (χ4n) is 5.56. The van der Waals surface area contributed by atoms with Gasteiger partial charge in [0.25, 0.3) is 5.56 Å². The zero-order chi connectivity index (χ0) is 28.4. The van der Waals surface area contributed by atoms with E-state index in [0.29, 0.717) is 0 Å². The highest BCUT2D eigenvalue weighted by Crippen LogP contribution is 2.48. The second-order valence-electron chi connectivity index (χ2n) is 11.4. The molecule has 1 aromatic rings. The summed E-state index contributed by atoms with van der Waals surface area (Å²) in [4.78, 5) is 38.8. The Labute approximate surface area is 227 Å². The van der Waals surface area contributed by atoms with E-state index in [1.807, 2.05) is 0 Å². The second kappa shape index (κ2) is 12.3. The lowest BCUT2D eigenvalue weighted by Crippen LogP contribution is -2.66. The lowest BCUT2D eigenvalue weighted by Gasteiger charge is -2.51. The summed E-state index contributed by atoms with van der Waals surface area (Å²) in [6.45, 7) is 17.4. The van der Waals surface area contributed by atoms with Crippen molar-refractivity contribution in [2.75, 3.05) is 20.3 Å². The van der Waals surface area contributed by atoms with Gasteiger partial charge in [0.05, 0.1) is 13.2 Å². The van der Waals surface area contributed by atoms with E-state index in [1.54, 1.807) is 7.05 Å². The molecule has 0 spiro atoms. The van der Waals surface area contributed by atoms with Crippen molar-refractivity contribution in [3.05, 3.63) is 33.1 Å². The van der Waals surface area contributed by atoms with Crippen molar-refractivity contribution in [1.29, 1.82) is 0 Å². The first-order valence-corrected chi connectivity index (χ1v) is 17.5. The zero-order valence-corrected chi connectivity index (χ0v) is 26.1. The average Bonchev–Trinajstić information content (AvgIpc) is 3.14. The third kappa shape index (κ3) is 5.93. The minimum absolute atomic E-state index is 0.0931. The van der Waals surface area contributed by atoms with E-state index in [2.05, 4.69) is 65.7 Å². The van der Waals surface area contributed by atoms with Crippen molar-refractivity contribution in [2.45, 2.75) is 109 Å². The average molecular weight is 572 g/mol. The molecule has 11 nitrogen and oxygen atoms in total. The Balaban J connectivity index is 2.11. The molecule has 0 aliphatic carbocycles. The van der Waals surface area contributed by atoms with Gasteiger partial charge in [0, 0.05) is 25.7 Å². The van der Waals surface area contributed by atoms with Crippen molar-refractivity contribution < 1.29 is 27.2 Å². The maximum atomic E-state index is 12.8. The fraction of sp³-hybridized carbons (Fsp3) is 0.800. The SMILES string of the molecule is CNC(=O)CCO[C@@H]1[C@@H]2O[Si](C(C)C)(C(C)C)O[Si](C(C)C)(C(C)C)OC[C@H]2O[C@H]1n1ccc(=O)[nH]c1=O. The van der Waals surface area contributed by atoms with Gasteiger partial charge in [-0.2, -0.15) is 0 Å². The van der Waals surface area contributed by atoms with Crippen LogP contribution in [-0.4, -0.2) is 71.2 Å². The van der Waals surface area contributed by atoms with Crippen molar-refractivity contribution in [3.63, 3.8) is 0 Å². The molecule has 2 saturated heterocycles. The fourth-order valence-corrected chi connectivity index (χ4v) is 16.8. The van der Waals surface area contributed by atoms with E-state index < -0.39 is 52.9 Å². The van der Waals surface area contributed by atoms with Crippen LogP contribution >= 0.6 is 0 Å². The summed E-state index contributed by atoms with van der Waals surface area (Å²) in [5.74, 6) is -0.166. The number of carbonyl (C=O) groups excluding carboxylic acids is 1. The largest absolute Gasteiger partial charge is 0.414 e. The summed E-state index contributed by atoms with van der Waals surface area (Å²) in [7, 11) is -4.19. The number of H-pyrrole nitrogens is 1. The van der Waals surface area contributed by atoms with Crippen LogP contribution in [-0.2, 0) is 27.2 Å². The van der Waals surface area contributed by atoms with Gasteiger partial charge in [0.1, 0.15) is 18.3 Å². The standard InChI is InChI=1S/C25H45N3O8Si2/c1-15(2)37(16(3)4)33-14-19-22(35-38(36-37,17(5)6)18(7)8)23(32-13-11-20(29)26-9)24(34-19)28-12-10-21(30)27-25(28)31/h10,12,15-19,22-24H,11,13-14H2,1-9H3,(H,26,29)(H,27,30,31)/t19-,22-,23-,24-/m1/s1. The number of rotatable bonds is 9. The van der Waals surface area contributed by atoms with Gasteiger partial charge in [-0.1, -0.05) is 55.4 Å². The van der Waals surface area contributed by atoms with Crippen LogP contribution in [0.15, 0.2) is 21.9 Å². The summed E-state index contributed by atoms with van der Waals surface area (Å²) < 4.78 is 35.2. The van der Waals surface area contributed by atoms with E-state index in [1.165, 1.54) is 16.8 Å². The molecule has 0 unspecified atom stereocenters. The normalized spacial score (nSPS) is 27.0. The van der Waals surface area contributed by atoms with Gasteiger partial charge in [-0.05, 0) is 22.2 Å². The summed E-state index contributed by atoms with van der Waals surface area (Å²) in [5, 5.41) is 2.59. The molecule has 0 aromatic carbocycles. The number of hydrogen-bond donors (Lipinski definition) is 2. The number of amides is 1. The van der Waals surface area contributed by atoms with Crippen LogP contribution in [0.3, 0.4) is 0 Å². The maximum Gasteiger partial charge on any atom is 0.335 e. The lowest BCUT2D eigenvalue weighted by atomic mass is 10.1. The number of fused-ring (bicyclic) bond motifs is 1. The molecule has 1 amide bonds. The minimum Gasteiger partial charge on any atom is -0.414 e. The molecular weight excluding hydrogens is 526 g/mol. The Morgan fingerprint density at radius 3 is 2.21 bits per heavy atom. The maximum absolute atomic E-state index is 12.8. The molecule has 3 rings (SSSR count). The van der Waals surface area contributed by atoms with Crippen molar-refractivity contribution in [3.8, 4) is 0 Å². The molecule has 3 heterocycles. The Bertz CT molecular complexity index is 1060. The van der Waals surface area contributed by atoms with Crippen LogP contribution in [0.2, 0.25) is 22.2 Å². The van der Waals surface area contributed by atoms with Crippen LogP contribution < -0.4 is 16.6 Å². The topological polar surface area (TPSA) is 130 Å². The number of carbonyl (C=O) groups is 1. The Hall–Kier alpha value is -1.62. The van der Waals surface area contributed by atoms with Gasteiger partial charge in [0.2, 0.25) is 5.91 Å². The van der Waals surface area contributed by atoms with E-state index in [-0.39, 0.29) is 47.7 Å². The van der Waals surface area contributed by atoms with Crippen LogP contribution in [0.25, 0.3) is 0 Å². The molecule has 2 aliphatic heterocycles. The number of aromatic amines is 1. The first kappa shape index (κ1) is 30.9. The van der Waals surface area contributed by atoms with Gasteiger partial charge >= 0.3 is 22.8 Å². The molecule has 216 valence electrons. The van der Waals surface area contributed by atoms with E-state index in [4.69, 9.17) is 22.4 Å². The van der Waals surface area contributed by atoms with Crippen LogP contribution in [0.5, 0.6) is 0 Å². The molecule has 1 aromatic heterocycles. The zero-order valence-electron chi connectivity index (χ0n) is 24.1. The summed E-state index contributed by atoms with van der Waals surface area (Å²) in [6, 6.07) is 1.27. The summed E-state index contributed by atoms with van der Waals surface area (Å²) >= 11 is 0. The Morgan fingerprint density at radius 1 is 1.08 bits per heavy atom. The highest BCUT2D eigenvalue weighted by atomic mass is 28.5. The minimum atomic E-state index is -2.98. The third-order valence-electron chi connectivity index (χ3n) is 7.66. The molecule has 0 saturated carbocycles. The third-order valence-corrected chi connectivity index (χ3v) is 17.9. The van der Waals surface area contributed by atoms with Crippen molar-refractivity contribution in [1.82, 2.24) is 14.9 Å². The highest BCUT2D eigenvalue weighted by Gasteiger charge is 2.62. The van der Waals surface area contributed by atoms with Crippen molar-refractivity contribution in [2.24, 2.45) is 0 Å². The molecule has 2 fully saturated rings. The summed E-state index contributed by atoms with van der Waals surface area (Å²) in [5.41, 5.74) is -0.586. The molecule has 13 heteroatoms. The van der Waals surface area contributed by atoms with Crippen LogP contribution in [0.1, 0.15) is 68.0 Å². The van der Waals surface area contributed by atoms with Gasteiger partial charge in [-0.3, -0.25) is 19.1 Å². The van der Waals surface area contributed by atoms with Gasteiger partial charge in [0.15, 0.2) is 6.23 Å². The van der Waals surface area contributed by atoms with Crippen LogP contribution in [0, 0.1) is 0 Å². The van der Waals surface area contributed by atoms with Crippen molar-refractivity contribution >= 4 is 23.0 Å². The number of aromatic nitrogens is 2. The molecule has 0 radical (unpaired) electrons. The quantitative estimate of drug-likeness (QED) is 0.433. The number of ether oxygens (including phenoxy) is 2. The van der Waals surface area contributed by atoms with E-state index >= 15 is 0 Å². The monoisotopic (exact) mass is 571 g/mol. The molecular formula is C25H45N3O8Si2. The predicted molar refractivity (Wildman–Crippen MR) is 147 cm³/mol. The Morgan fingerprint density at radius 2 is 1.68 bits per heavy atom. The lowest BCUT2D eigenvalue weighted by molar-refractivity contribution is -0.124. The molecule has 0 bridgehead atoms. The predicted octanol–water partition coefficient (Wildman–Crippen LogP) is 2.91.